The molecule has 2 aliphatic rings. The largest absolute Gasteiger partial charge is 0.370 e. The number of piperazine rings is 1. The molecule has 2 saturated heterocycles. The van der Waals surface area contributed by atoms with Crippen molar-refractivity contribution in [1.82, 2.24) is 10.2 Å². The average Bonchev–Trinajstić information content (AvgIpc) is 2.47. The predicted molar refractivity (Wildman–Crippen MR) is 73.0 cm³/mol. The quantitative estimate of drug-likeness (QED) is 0.857. The molecule has 0 unspecified atom stereocenters. The highest BCUT2D eigenvalue weighted by molar-refractivity contribution is 6.32. The number of ether oxygens (including phenoxy) is 1. The van der Waals surface area contributed by atoms with Crippen LogP contribution in [0.2, 0.25) is 5.02 Å². The Bertz CT molecular complexity index is 560. The zero-order chi connectivity index (χ0) is 14.1. The van der Waals surface area contributed by atoms with Gasteiger partial charge in [0.2, 0.25) is 0 Å². The summed E-state index contributed by atoms with van der Waals surface area (Å²) in [5, 5.41) is 12.5. The van der Waals surface area contributed by atoms with E-state index in [1.54, 1.807) is 6.07 Å². The van der Waals surface area contributed by atoms with Crippen molar-refractivity contribution in [3.8, 4) is 6.07 Å². The summed E-state index contributed by atoms with van der Waals surface area (Å²) in [6.45, 7) is 4.20. The minimum Gasteiger partial charge on any atom is -0.370 e. The molecule has 0 aromatic heterocycles. The molecule has 20 heavy (non-hydrogen) atoms. The van der Waals surface area contributed by atoms with Gasteiger partial charge in [-0.05, 0) is 6.07 Å². The average molecular weight is 296 g/mol. The van der Waals surface area contributed by atoms with Crippen LogP contribution in [-0.4, -0.2) is 43.7 Å². The highest BCUT2D eigenvalue weighted by Gasteiger charge is 2.32. The minimum absolute atomic E-state index is 0.102. The van der Waals surface area contributed by atoms with Crippen LogP contribution in [0.5, 0.6) is 0 Å². The molecular weight excluding hydrogens is 281 g/mol. The fourth-order valence-corrected chi connectivity index (χ4v) is 3.13. The maximum Gasteiger partial charge on any atom is 0.142 e. The summed E-state index contributed by atoms with van der Waals surface area (Å²) in [6.07, 6.45) is -0.204. The Morgan fingerprint density at radius 1 is 1.50 bits per heavy atom. The van der Waals surface area contributed by atoms with Crippen LogP contribution >= 0.6 is 11.6 Å². The molecule has 1 aromatic carbocycles. The Labute approximate surface area is 122 Å². The third-order valence-corrected chi connectivity index (χ3v) is 4.35. The van der Waals surface area contributed by atoms with Crippen molar-refractivity contribution in [2.45, 2.75) is 12.1 Å². The number of rotatable bonds is 1. The summed E-state index contributed by atoms with van der Waals surface area (Å²) >= 11 is 6.15. The fraction of sp³-hybridized carbons (Fsp3) is 0.500. The van der Waals surface area contributed by atoms with Crippen LogP contribution in [0.25, 0.3) is 0 Å². The van der Waals surface area contributed by atoms with E-state index in [-0.39, 0.29) is 16.7 Å². The van der Waals surface area contributed by atoms with Crippen molar-refractivity contribution in [3.05, 3.63) is 34.1 Å². The number of fused-ring (bicyclic) bond motifs is 1. The number of morpholine rings is 1. The first-order valence-electron chi connectivity index (χ1n) is 6.65. The monoisotopic (exact) mass is 295 g/mol. The van der Waals surface area contributed by atoms with Crippen LogP contribution in [0.3, 0.4) is 0 Å². The number of nitrogens with zero attached hydrogens (tertiary/aromatic N) is 2. The summed E-state index contributed by atoms with van der Waals surface area (Å²) in [4.78, 5) is 2.36. The first-order valence-corrected chi connectivity index (χ1v) is 7.03. The number of hydrogen-bond acceptors (Lipinski definition) is 4. The van der Waals surface area contributed by atoms with E-state index in [9.17, 15) is 4.39 Å². The number of hydrogen-bond donors (Lipinski definition) is 1. The van der Waals surface area contributed by atoms with E-state index in [0.29, 0.717) is 18.2 Å². The Balaban J connectivity index is 1.85. The Morgan fingerprint density at radius 2 is 2.35 bits per heavy atom. The van der Waals surface area contributed by atoms with Gasteiger partial charge in [-0.15, -0.1) is 0 Å². The fourth-order valence-electron chi connectivity index (χ4n) is 2.81. The molecule has 1 aromatic rings. The second-order valence-corrected chi connectivity index (χ2v) is 5.49. The SMILES string of the molecule is N#Cc1c(F)ccc([C@@H]2CN3CCNC[C@H]3CO2)c1Cl. The second kappa shape index (κ2) is 5.66. The van der Waals surface area contributed by atoms with Crippen LogP contribution in [0.15, 0.2) is 12.1 Å². The Kier molecular flexibility index (Phi) is 3.90. The van der Waals surface area contributed by atoms with Gasteiger partial charge in [0.15, 0.2) is 0 Å². The summed E-state index contributed by atoms with van der Waals surface area (Å²) < 4.78 is 19.4. The zero-order valence-corrected chi connectivity index (χ0v) is 11.7. The molecule has 0 radical (unpaired) electrons. The molecule has 2 heterocycles. The minimum atomic E-state index is -0.586. The molecular formula is C14H15ClFN3O. The van der Waals surface area contributed by atoms with Crippen molar-refractivity contribution >= 4 is 11.6 Å². The second-order valence-electron chi connectivity index (χ2n) is 5.11. The smallest absolute Gasteiger partial charge is 0.142 e. The van der Waals surface area contributed by atoms with Gasteiger partial charge >= 0.3 is 0 Å². The van der Waals surface area contributed by atoms with Gasteiger partial charge in [-0.1, -0.05) is 17.7 Å². The summed E-state index contributed by atoms with van der Waals surface area (Å²) in [5.41, 5.74) is 0.594. The van der Waals surface area contributed by atoms with Crippen LogP contribution in [0.1, 0.15) is 17.2 Å². The van der Waals surface area contributed by atoms with Crippen molar-refractivity contribution in [1.29, 1.82) is 5.26 Å². The van der Waals surface area contributed by atoms with Gasteiger partial charge in [-0.25, -0.2) is 4.39 Å². The molecule has 4 nitrogen and oxygen atoms in total. The van der Waals surface area contributed by atoms with Gasteiger partial charge in [0, 0.05) is 37.8 Å². The van der Waals surface area contributed by atoms with Crippen LogP contribution in [0, 0.1) is 17.1 Å². The lowest BCUT2D eigenvalue weighted by Crippen LogP contribution is -2.57. The standard InChI is InChI=1S/C14H15ClFN3O/c15-14-10(1-2-12(16)11(14)5-17)13-7-19-4-3-18-6-9(19)8-20-13/h1-2,9,13,18H,3-4,6-8H2/t9-,13-/m0/s1. The summed E-state index contributed by atoms with van der Waals surface area (Å²) in [5.74, 6) is -0.586. The lowest BCUT2D eigenvalue weighted by molar-refractivity contribution is -0.0717. The molecule has 2 aliphatic heterocycles. The van der Waals surface area contributed by atoms with Gasteiger partial charge in [0.25, 0.3) is 0 Å². The normalized spacial score (nSPS) is 26.9. The topological polar surface area (TPSA) is 48.3 Å². The van der Waals surface area contributed by atoms with E-state index < -0.39 is 5.82 Å². The van der Waals surface area contributed by atoms with E-state index >= 15 is 0 Å². The number of nitrogens with one attached hydrogen (secondary N) is 1. The Hall–Kier alpha value is -1.19. The molecule has 2 fully saturated rings. The molecule has 1 N–H and O–H groups in total. The zero-order valence-electron chi connectivity index (χ0n) is 10.9. The summed E-state index contributed by atoms with van der Waals surface area (Å²) in [6, 6.07) is 5.10. The first kappa shape index (κ1) is 13.8. The van der Waals surface area contributed by atoms with E-state index in [1.807, 2.05) is 6.07 Å². The molecule has 0 amide bonds. The maximum atomic E-state index is 13.5. The maximum absolute atomic E-state index is 13.5. The molecule has 0 saturated carbocycles. The number of benzene rings is 1. The van der Waals surface area contributed by atoms with Crippen LogP contribution in [-0.2, 0) is 4.74 Å². The van der Waals surface area contributed by atoms with Gasteiger partial charge in [-0.3, -0.25) is 4.90 Å². The van der Waals surface area contributed by atoms with Gasteiger partial charge in [0.05, 0.1) is 17.7 Å². The van der Waals surface area contributed by atoms with E-state index in [1.165, 1.54) is 6.07 Å². The summed E-state index contributed by atoms with van der Waals surface area (Å²) in [7, 11) is 0. The van der Waals surface area contributed by atoms with Crippen molar-refractivity contribution < 1.29 is 9.13 Å². The first-order chi connectivity index (χ1) is 9.70. The van der Waals surface area contributed by atoms with Crippen LogP contribution < -0.4 is 5.32 Å². The predicted octanol–water partition coefficient (Wildman–Crippen LogP) is 1.70. The van der Waals surface area contributed by atoms with Crippen molar-refractivity contribution in [2.75, 3.05) is 32.8 Å². The molecule has 2 atom stereocenters. The van der Waals surface area contributed by atoms with Gasteiger partial charge in [0.1, 0.15) is 17.4 Å². The highest BCUT2D eigenvalue weighted by atomic mass is 35.5. The van der Waals surface area contributed by atoms with Crippen LogP contribution in [0.4, 0.5) is 4.39 Å². The highest BCUT2D eigenvalue weighted by Crippen LogP contribution is 2.33. The van der Waals surface area contributed by atoms with Gasteiger partial charge < -0.3 is 10.1 Å². The third kappa shape index (κ3) is 2.40. The molecule has 0 bridgehead atoms. The van der Waals surface area contributed by atoms with Crippen molar-refractivity contribution in [3.63, 3.8) is 0 Å². The van der Waals surface area contributed by atoms with E-state index in [4.69, 9.17) is 21.6 Å². The molecule has 0 spiro atoms. The van der Waals surface area contributed by atoms with Gasteiger partial charge in [-0.2, -0.15) is 5.26 Å². The van der Waals surface area contributed by atoms with E-state index in [2.05, 4.69) is 10.2 Å². The number of nitriles is 1. The van der Waals surface area contributed by atoms with E-state index in [0.717, 1.165) is 26.2 Å². The molecule has 3 rings (SSSR count). The Morgan fingerprint density at radius 3 is 3.15 bits per heavy atom. The lowest BCUT2D eigenvalue weighted by Gasteiger charge is -2.42. The lowest BCUT2D eigenvalue weighted by atomic mass is 10.0. The third-order valence-electron chi connectivity index (χ3n) is 3.94. The number of halogens is 2. The molecule has 0 aliphatic carbocycles. The van der Waals surface area contributed by atoms with Crippen molar-refractivity contribution in [2.24, 2.45) is 0 Å². The molecule has 106 valence electrons. The molecule has 6 heteroatoms.